The maximum atomic E-state index is 12.9. The van der Waals surface area contributed by atoms with Crippen LogP contribution in [0.5, 0.6) is 0 Å². The molecule has 2 aliphatic rings. The van der Waals surface area contributed by atoms with E-state index < -0.39 is 29.2 Å². The molecule has 18 heteroatoms. The summed E-state index contributed by atoms with van der Waals surface area (Å²) in [6.07, 6.45) is 0. The molecule has 0 radical (unpaired) electrons. The number of hydrogen-bond acceptors (Lipinski definition) is 13. The maximum absolute atomic E-state index is 12.9. The van der Waals surface area contributed by atoms with Crippen LogP contribution in [0.2, 0.25) is 0 Å². The number of rotatable bonds is 8. The number of tetrazole rings is 1. The van der Waals surface area contributed by atoms with Crippen molar-refractivity contribution in [2.75, 3.05) is 24.3 Å². The Labute approximate surface area is 212 Å². The van der Waals surface area contributed by atoms with Gasteiger partial charge in [0.2, 0.25) is 5.16 Å². The Morgan fingerprint density at radius 2 is 2.24 bits per heavy atom. The van der Waals surface area contributed by atoms with E-state index in [1.165, 1.54) is 40.2 Å². The number of nitrogen functional groups attached to an aromatic ring is 1. The monoisotopic (exact) mass is 589 g/mol. The van der Waals surface area contributed by atoms with E-state index >= 15 is 0 Å². The Morgan fingerprint density at radius 1 is 1.47 bits per heavy atom. The lowest BCUT2D eigenvalue weighted by Gasteiger charge is -2.49. The van der Waals surface area contributed by atoms with Gasteiger partial charge in [-0.1, -0.05) is 28.3 Å². The zero-order valence-corrected chi connectivity index (χ0v) is 21.5. The molecule has 4 N–H and O–H groups in total. The van der Waals surface area contributed by atoms with E-state index in [2.05, 4.69) is 46.9 Å². The first kappa shape index (κ1) is 24.4. The van der Waals surface area contributed by atoms with Crippen LogP contribution in [0.25, 0.3) is 0 Å². The number of hydrogen-bond donors (Lipinski definition) is 3. The highest BCUT2D eigenvalue weighted by molar-refractivity contribution is 9.11. The first-order chi connectivity index (χ1) is 16.2. The molecule has 2 aliphatic heterocycles. The van der Waals surface area contributed by atoms with Gasteiger partial charge in [-0.15, -0.1) is 16.9 Å². The number of aromatic nitrogens is 5. The molecule has 1 saturated heterocycles. The van der Waals surface area contributed by atoms with Crippen LogP contribution in [-0.2, 0) is 26.3 Å². The Bertz CT molecular complexity index is 1230. The van der Waals surface area contributed by atoms with Crippen LogP contribution < -0.4 is 11.1 Å². The van der Waals surface area contributed by atoms with Crippen molar-refractivity contribution < 1.29 is 24.3 Å². The first-order valence-corrected chi connectivity index (χ1v) is 13.0. The minimum absolute atomic E-state index is 0.0947. The van der Waals surface area contributed by atoms with E-state index in [1.54, 1.807) is 7.05 Å². The van der Waals surface area contributed by atoms with E-state index in [9.17, 15) is 19.5 Å². The summed E-state index contributed by atoms with van der Waals surface area (Å²) in [5.74, 6) is -1.82. The highest BCUT2D eigenvalue weighted by Gasteiger charge is 2.54. The number of nitrogens with one attached hydrogen (secondary N) is 1. The van der Waals surface area contributed by atoms with Crippen LogP contribution in [0.15, 0.2) is 25.4 Å². The Balaban J connectivity index is 1.51. The molecule has 1 fully saturated rings. The smallest absolute Gasteiger partial charge is 0.352 e. The summed E-state index contributed by atoms with van der Waals surface area (Å²) in [6.45, 7) is 0. The summed E-state index contributed by atoms with van der Waals surface area (Å²) in [5, 5.41) is 27.4. The van der Waals surface area contributed by atoms with Crippen LogP contribution in [0.1, 0.15) is 5.69 Å². The normalized spacial score (nSPS) is 20.1. The number of halogens is 1. The number of oxime groups is 1. The predicted molar refractivity (Wildman–Crippen MR) is 127 cm³/mol. The summed E-state index contributed by atoms with van der Waals surface area (Å²) >= 11 is 7.00. The molecular weight excluding hydrogens is 574 g/mol. The number of carboxylic acid groups (broad SMARTS) is 1. The summed E-state index contributed by atoms with van der Waals surface area (Å²) in [7, 11) is 2.94. The Kier molecular flexibility index (Phi) is 7.10. The lowest BCUT2D eigenvalue weighted by atomic mass is 10.0. The largest absolute Gasteiger partial charge is 0.477 e. The number of fused-ring (bicyclic) bond motifs is 1. The molecule has 4 heterocycles. The predicted octanol–water partition coefficient (Wildman–Crippen LogP) is -0.107. The van der Waals surface area contributed by atoms with Crippen molar-refractivity contribution in [3.8, 4) is 0 Å². The molecule has 0 spiro atoms. The molecule has 0 saturated carbocycles. The van der Waals surface area contributed by atoms with E-state index in [1.807, 2.05) is 0 Å². The number of anilines is 1. The van der Waals surface area contributed by atoms with Gasteiger partial charge in [0.05, 0.1) is 0 Å². The number of thiazole rings is 1. The average molecular weight is 590 g/mol. The quantitative estimate of drug-likeness (QED) is 0.160. The summed E-state index contributed by atoms with van der Waals surface area (Å²) in [6, 6.07) is -0.944. The molecule has 14 nitrogen and oxygen atoms in total. The van der Waals surface area contributed by atoms with Crippen molar-refractivity contribution in [2.45, 2.75) is 16.6 Å². The number of β-lactam (4-membered cyclic amide) rings is 1. The number of carbonyl (C=O) groups is 3. The van der Waals surface area contributed by atoms with E-state index in [0.29, 0.717) is 26.0 Å². The van der Waals surface area contributed by atoms with Crippen LogP contribution in [0, 0.1) is 0 Å². The number of amides is 2. The molecule has 180 valence electrons. The Hall–Kier alpha value is -2.70. The van der Waals surface area contributed by atoms with Crippen molar-refractivity contribution in [1.29, 1.82) is 0 Å². The zero-order chi connectivity index (χ0) is 24.6. The first-order valence-electron chi connectivity index (χ1n) is 9.32. The van der Waals surface area contributed by atoms with Crippen molar-refractivity contribution in [3.63, 3.8) is 0 Å². The number of carboxylic acids is 1. The highest BCUT2D eigenvalue weighted by Crippen LogP contribution is 2.41. The molecular formula is C16H16BrN9O5S3. The average Bonchev–Trinajstić information content (AvgIpc) is 3.36. The van der Waals surface area contributed by atoms with Gasteiger partial charge in [0.15, 0.2) is 10.8 Å². The van der Waals surface area contributed by atoms with Crippen LogP contribution >= 0.6 is 50.8 Å². The van der Waals surface area contributed by atoms with Gasteiger partial charge in [0.1, 0.15) is 33.7 Å². The van der Waals surface area contributed by atoms with Gasteiger partial charge in [-0.05, 0) is 31.9 Å². The highest BCUT2D eigenvalue weighted by atomic mass is 79.9. The molecule has 0 bridgehead atoms. The fraction of sp³-hybridized carbons (Fsp3) is 0.375. The molecule has 4 rings (SSSR count). The minimum atomic E-state index is -1.22. The molecule has 0 aliphatic carbocycles. The molecule has 2 amide bonds. The molecule has 0 aromatic carbocycles. The molecule has 34 heavy (non-hydrogen) atoms. The third-order valence-electron chi connectivity index (χ3n) is 4.72. The SMILES string of the molecule is CO/N=C(\C(=O)NC1C(=O)N2C(C(=O)O)=C(CSc3nnnn3C)CS[C@H]12)c1nc(N)sc1Br. The summed E-state index contributed by atoms with van der Waals surface area (Å²) in [4.78, 5) is 47.9. The topological polar surface area (TPSA) is 191 Å². The fourth-order valence-corrected chi connectivity index (χ4v) is 6.91. The summed E-state index contributed by atoms with van der Waals surface area (Å²) < 4.78 is 1.94. The number of thioether (sulfide) groups is 2. The maximum Gasteiger partial charge on any atom is 0.352 e. The third kappa shape index (κ3) is 4.49. The number of nitrogens with zero attached hydrogens (tertiary/aromatic N) is 7. The van der Waals surface area contributed by atoms with Crippen molar-refractivity contribution in [1.82, 2.24) is 35.4 Å². The fourth-order valence-electron chi connectivity index (χ4n) is 3.25. The molecule has 1 unspecified atom stereocenters. The lowest BCUT2D eigenvalue weighted by Crippen LogP contribution is -2.71. The van der Waals surface area contributed by atoms with Gasteiger partial charge in [-0.3, -0.25) is 14.5 Å². The van der Waals surface area contributed by atoms with Crippen molar-refractivity contribution >= 4 is 79.4 Å². The van der Waals surface area contributed by atoms with Crippen LogP contribution in [0.4, 0.5) is 5.13 Å². The van der Waals surface area contributed by atoms with E-state index in [4.69, 9.17) is 10.6 Å². The van der Waals surface area contributed by atoms with E-state index in [-0.39, 0.29) is 22.2 Å². The van der Waals surface area contributed by atoms with E-state index in [0.717, 1.165) is 11.3 Å². The van der Waals surface area contributed by atoms with Gasteiger partial charge >= 0.3 is 5.97 Å². The second-order valence-electron chi connectivity index (χ2n) is 6.79. The second-order valence-corrected chi connectivity index (χ2v) is 11.2. The lowest BCUT2D eigenvalue weighted by molar-refractivity contribution is -0.150. The zero-order valence-electron chi connectivity index (χ0n) is 17.5. The number of aliphatic carboxylic acids is 1. The van der Waals surface area contributed by atoms with Crippen molar-refractivity contribution in [2.24, 2.45) is 12.2 Å². The van der Waals surface area contributed by atoms with Gasteiger partial charge in [0.25, 0.3) is 11.8 Å². The van der Waals surface area contributed by atoms with Crippen molar-refractivity contribution in [3.05, 3.63) is 20.8 Å². The second kappa shape index (κ2) is 9.88. The number of aryl methyl sites for hydroxylation is 1. The van der Waals surface area contributed by atoms with Gasteiger partial charge < -0.3 is 21.0 Å². The number of carbonyl (C=O) groups excluding carboxylic acids is 2. The number of nitrogens with two attached hydrogens (primary N) is 1. The minimum Gasteiger partial charge on any atom is -0.477 e. The Morgan fingerprint density at radius 3 is 2.82 bits per heavy atom. The van der Waals surface area contributed by atoms with Gasteiger partial charge in [0, 0.05) is 18.6 Å². The summed E-state index contributed by atoms with van der Waals surface area (Å²) in [5.41, 5.74) is 6.16. The molecule has 2 atom stereocenters. The van der Waals surface area contributed by atoms with Gasteiger partial charge in [-0.25, -0.2) is 14.5 Å². The van der Waals surface area contributed by atoms with Crippen LogP contribution in [0.3, 0.4) is 0 Å². The molecule has 2 aromatic heterocycles. The van der Waals surface area contributed by atoms with Crippen LogP contribution in [-0.4, -0.2) is 88.7 Å². The molecule has 2 aromatic rings. The third-order valence-corrected chi connectivity index (χ3v) is 8.69. The van der Waals surface area contributed by atoms with Gasteiger partial charge in [-0.2, -0.15) is 0 Å². The standard InChI is InChI=1S/C16H16BrN9O5S3/c1-25-16(21-23-24-25)33-4-5-3-32-13-8(12(28)26(13)9(5)14(29)30)19-11(27)7(22-31-2)6-10(17)34-15(18)20-6/h8,13H,3-4H2,1-2H3,(H2,18,20)(H,19,27)(H,29,30)/b22-7-/t8?,13-/m1/s1.